The van der Waals surface area contributed by atoms with E-state index in [1.807, 2.05) is 18.7 Å². The zero-order chi connectivity index (χ0) is 12.8. The van der Waals surface area contributed by atoms with Crippen LogP contribution in [-0.4, -0.2) is 28.0 Å². The number of nitro groups is 1. The molecule has 0 unspecified atom stereocenters. The molecule has 0 saturated heterocycles. The highest BCUT2D eigenvalue weighted by Gasteiger charge is 2.25. The lowest BCUT2D eigenvalue weighted by Gasteiger charge is -2.21. The smallest absolute Gasteiger partial charge is 0.348 e. The van der Waals surface area contributed by atoms with Gasteiger partial charge in [0.2, 0.25) is 11.0 Å². The van der Waals surface area contributed by atoms with E-state index in [0.29, 0.717) is 18.9 Å². The molecule has 0 aliphatic carbocycles. The van der Waals surface area contributed by atoms with Crippen LogP contribution in [0.3, 0.4) is 0 Å². The molecule has 0 saturated carbocycles. The molecule has 94 valence electrons. The Hall–Kier alpha value is -1.43. The van der Waals surface area contributed by atoms with E-state index in [-0.39, 0.29) is 10.8 Å². The summed E-state index contributed by atoms with van der Waals surface area (Å²) in [7, 11) is 0. The summed E-state index contributed by atoms with van der Waals surface area (Å²) >= 11 is 5.75. The van der Waals surface area contributed by atoms with Gasteiger partial charge in [-0.25, -0.2) is 9.97 Å². The van der Waals surface area contributed by atoms with E-state index in [2.05, 4.69) is 9.97 Å². The Morgan fingerprint density at radius 2 is 1.94 bits per heavy atom. The van der Waals surface area contributed by atoms with E-state index in [1.165, 1.54) is 6.33 Å². The van der Waals surface area contributed by atoms with E-state index in [0.717, 1.165) is 12.8 Å². The molecule has 1 rings (SSSR count). The molecule has 0 bridgehead atoms. The first-order valence-electron chi connectivity index (χ1n) is 5.51. The van der Waals surface area contributed by atoms with E-state index in [9.17, 15) is 10.1 Å². The SMILES string of the molecule is CCCN(CCC)c1ncnc(Cl)c1[N+](=O)[O-]. The second-order valence-electron chi connectivity index (χ2n) is 3.58. The van der Waals surface area contributed by atoms with Crippen molar-refractivity contribution in [1.82, 2.24) is 9.97 Å². The Labute approximate surface area is 105 Å². The largest absolute Gasteiger partial charge is 0.351 e. The number of hydrogen-bond donors (Lipinski definition) is 0. The van der Waals surface area contributed by atoms with E-state index < -0.39 is 4.92 Å². The molecule has 0 atom stereocenters. The van der Waals surface area contributed by atoms with Gasteiger partial charge in [-0.3, -0.25) is 10.1 Å². The third-order valence-electron chi connectivity index (χ3n) is 2.23. The predicted molar refractivity (Wildman–Crippen MR) is 66.5 cm³/mol. The first-order valence-corrected chi connectivity index (χ1v) is 5.89. The summed E-state index contributed by atoms with van der Waals surface area (Å²) in [6.45, 7) is 5.44. The van der Waals surface area contributed by atoms with Crippen molar-refractivity contribution in [2.24, 2.45) is 0 Å². The highest BCUT2D eigenvalue weighted by Crippen LogP contribution is 2.31. The highest BCUT2D eigenvalue weighted by molar-refractivity contribution is 6.31. The Kier molecular flexibility index (Phi) is 5.09. The van der Waals surface area contributed by atoms with Crippen molar-refractivity contribution in [2.45, 2.75) is 26.7 Å². The number of hydrogen-bond acceptors (Lipinski definition) is 5. The van der Waals surface area contributed by atoms with Crippen LogP contribution >= 0.6 is 11.6 Å². The third-order valence-corrected chi connectivity index (χ3v) is 2.50. The summed E-state index contributed by atoms with van der Waals surface area (Å²) in [5, 5.41) is 10.9. The van der Waals surface area contributed by atoms with E-state index in [4.69, 9.17) is 11.6 Å². The number of anilines is 1. The average Bonchev–Trinajstić information content (AvgIpc) is 2.28. The summed E-state index contributed by atoms with van der Waals surface area (Å²) in [5.74, 6) is 0.304. The number of aromatic nitrogens is 2. The van der Waals surface area contributed by atoms with Crippen molar-refractivity contribution in [3.8, 4) is 0 Å². The van der Waals surface area contributed by atoms with Crippen molar-refractivity contribution in [3.05, 3.63) is 21.6 Å². The second kappa shape index (κ2) is 6.34. The lowest BCUT2D eigenvalue weighted by Crippen LogP contribution is -2.26. The van der Waals surface area contributed by atoms with Gasteiger partial charge in [0, 0.05) is 13.1 Å². The number of rotatable bonds is 6. The Morgan fingerprint density at radius 3 is 2.41 bits per heavy atom. The van der Waals surface area contributed by atoms with Crippen LogP contribution in [0.1, 0.15) is 26.7 Å². The molecule has 17 heavy (non-hydrogen) atoms. The standard InChI is InChI=1S/C10H15ClN4O2/c1-3-5-14(6-4-2)10-8(15(16)17)9(11)12-7-13-10/h7H,3-6H2,1-2H3. The van der Waals surface area contributed by atoms with Gasteiger partial charge in [-0.1, -0.05) is 25.4 Å². The minimum Gasteiger partial charge on any atom is -0.351 e. The molecular formula is C10H15ClN4O2. The molecule has 0 aromatic carbocycles. The summed E-state index contributed by atoms with van der Waals surface area (Å²) < 4.78 is 0. The molecule has 0 aliphatic heterocycles. The Bertz CT molecular complexity index is 394. The third kappa shape index (κ3) is 3.26. The molecular weight excluding hydrogens is 244 g/mol. The fourth-order valence-electron chi connectivity index (χ4n) is 1.60. The number of halogens is 1. The fourth-order valence-corrected chi connectivity index (χ4v) is 1.80. The van der Waals surface area contributed by atoms with E-state index >= 15 is 0 Å². The van der Waals surface area contributed by atoms with Crippen molar-refractivity contribution >= 4 is 23.1 Å². The summed E-state index contributed by atoms with van der Waals surface area (Å²) in [5.41, 5.74) is -0.212. The van der Waals surface area contributed by atoms with Crippen LogP contribution in [0.5, 0.6) is 0 Å². The molecule has 1 aromatic rings. The van der Waals surface area contributed by atoms with Crippen LogP contribution in [0.25, 0.3) is 0 Å². The molecule has 7 heteroatoms. The lowest BCUT2D eigenvalue weighted by atomic mass is 10.3. The zero-order valence-corrected chi connectivity index (χ0v) is 10.6. The normalized spacial score (nSPS) is 10.3. The second-order valence-corrected chi connectivity index (χ2v) is 3.94. The maximum atomic E-state index is 11.0. The Balaban J connectivity index is 3.17. The minimum atomic E-state index is -0.532. The monoisotopic (exact) mass is 258 g/mol. The van der Waals surface area contributed by atoms with Gasteiger partial charge in [0.1, 0.15) is 6.33 Å². The van der Waals surface area contributed by atoms with Gasteiger partial charge in [-0.05, 0) is 12.8 Å². The van der Waals surface area contributed by atoms with Crippen molar-refractivity contribution in [3.63, 3.8) is 0 Å². The molecule has 1 heterocycles. The topological polar surface area (TPSA) is 72.2 Å². The maximum Gasteiger partial charge on any atom is 0.348 e. The van der Waals surface area contributed by atoms with Crippen molar-refractivity contribution in [1.29, 1.82) is 0 Å². The van der Waals surface area contributed by atoms with Crippen LogP contribution in [-0.2, 0) is 0 Å². The predicted octanol–water partition coefficient (Wildman–Crippen LogP) is 2.66. The van der Waals surface area contributed by atoms with Crippen LogP contribution in [0.4, 0.5) is 11.5 Å². The van der Waals surface area contributed by atoms with Gasteiger partial charge < -0.3 is 4.90 Å². The van der Waals surface area contributed by atoms with Crippen molar-refractivity contribution in [2.75, 3.05) is 18.0 Å². The first-order chi connectivity index (χ1) is 8.11. The van der Waals surface area contributed by atoms with Gasteiger partial charge in [0.25, 0.3) is 0 Å². The average molecular weight is 259 g/mol. The van der Waals surface area contributed by atoms with Gasteiger partial charge >= 0.3 is 5.69 Å². The molecule has 0 N–H and O–H groups in total. The van der Waals surface area contributed by atoms with Crippen LogP contribution in [0.15, 0.2) is 6.33 Å². The van der Waals surface area contributed by atoms with Gasteiger partial charge in [-0.2, -0.15) is 0 Å². The molecule has 0 radical (unpaired) electrons. The van der Waals surface area contributed by atoms with Gasteiger partial charge in [0.05, 0.1) is 4.92 Å². The molecule has 0 spiro atoms. The lowest BCUT2D eigenvalue weighted by molar-refractivity contribution is -0.384. The van der Waals surface area contributed by atoms with Crippen LogP contribution in [0.2, 0.25) is 5.15 Å². The fraction of sp³-hybridized carbons (Fsp3) is 0.600. The zero-order valence-electron chi connectivity index (χ0n) is 9.89. The van der Waals surface area contributed by atoms with Crippen LogP contribution in [0, 0.1) is 10.1 Å². The van der Waals surface area contributed by atoms with Gasteiger partial charge in [0.15, 0.2) is 0 Å². The first kappa shape index (κ1) is 13.6. The highest BCUT2D eigenvalue weighted by atomic mass is 35.5. The summed E-state index contributed by atoms with van der Waals surface area (Å²) in [6, 6.07) is 0. The Morgan fingerprint density at radius 1 is 1.35 bits per heavy atom. The van der Waals surface area contributed by atoms with Crippen LogP contribution < -0.4 is 4.90 Å². The maximum absolute atomic E-state index is 11.0. The summed E-state index contributed by atoms with van der Waals surface area (Å²) in [4.78, 5) is 19.9. The molecule has 0 fully saturated rings. The summed E-state index contributed by atoms with van der Waals surface area (Å²) in [6.07, 6.45) is 3.03. The van der Waals surface area contributed by atoms with E-state index in [1.54, 1.807) is 0 Å². The van der Waals surface area contributed by atoms with Crippen molar-refractivity contribution < 1.29 is 4.92 Å². The minimum absolute atomic E-state index is 0.114. The quantitative estimate of drug-likeness (QED) is 0.446. The molecule has 0 amide bonds. The molecule has 1 aromatic heterocycles. The molecule has 0 aliphatic rings. The van der Waals surface area contributed by atoms with Gasteiger partial charge in [-0.15, -0.1) is 0 Å². The number of nitrogens with zero attached hydrogens (tertiary/aromatic N) is 4. The molecule has 6 nitrogen and oxygen atoms in total.